The van der Waals surface area contributed by atoms with E-state index in [1.165, 1.54) is 4.68 Å². The smallest absolute Gasteiger partial charge is 0.343 e. The number of fused-ring (bicyclic) bond motifs is 2. The number of rotatable bonds is 5. The summed E-state index contributed by atoms with van der Waals surface area (Å²) in [6, 6.07) is 16.0. The van der Waals surface area contributed by atoms with Crippen LogP contribution in [0, 0.1) is 0 Å². The van der Waals surface area contributed by atoms with Crippen LogP contribution in [0.4, 0.5) is 25.2 Å². The van der Waals surface area contributed by atoms with Crippen LogP contribution < -0.4 is 11.4 Å². The van der Waals surface area contributed by atoms with Gasteiger partial charge in [-0.2, -0.15) is 5.10 Å². The Hall–Kier alpha value is -4.98. The zero-order valence-electron chi connectivity index (χ0n) is 21.5. The normalized spacial score (nSPS) is 14.5. The van der Waals surface area contributed by atoms with Crippen molar-refractivity contribution in [3.8, 4) is 28.1 Å². The lowest BCUT2D eigenvalue weighted by molar-refractivity contribution is 0.362. The van der Waals surface area contributed by atoms with Crippen molar-refractivity contribution in [3.63, 3.8) is 0 Å². The number of phenolic OH excluding ortho intramolecular Hbond substituents is 1. The minimum absolute atomic E-state index is 0.0250. The molecular formula is C28H20F5N5O3S. The van der Waals surface area contributed by atoms with Crippen LogP contribution in [-0.4, -0.2) is 24.9 Å². The molecule has 0 aliphatic rings. The number of hydrogen-bond acceptors (Lipinski definition) is 7. The summed E-state index contributed by atoms with van der Waals surface area (Å²) in [6.45, 7) is 1.62. The first-order valence-electron chi connectivity index (χ1n) is 12.3. The van der Waals surface area contributed by atoms with Gasteiger partial charge in [0.15, 0.2) is 5.65 Å². The van der Waals surface area contributed by atoms with E-state index in [1.54, 1.807) is 43.3 Å². The maximum absolute atomic E-state index is 13.7. The molecule has 0 spiro atoms. The average Bonchev–Trinajstić information content (AvgIpc) is 3.33. The van der Waals surface area contributed by atoms with Crippen molar-refractivity contribution in [3.05, 3.63) is 95.3 Å². The summed E-state index contributed by atoms with van der Waals surface area (Å²) in [5.74, 6) is -1.11. The lowest BCUT2D eigenvalue weighted by atomic mass is 9.96. The van der Waals surface area contributed by atoms with Crippen LogP contribution in [0.3, 0.4) is 0 Å². The third kappa shape index (κ3) is 4.59. The molecule has 0 saturated carbocycles. The largest absolute Gasteiger partial charge is 0.508 e. The van der Waals surface area contributed by atoms with Gasteiger partial charge in [0.05, 0.1) is 10.8 Å². The Morgan fingerprint density at radius 2 is 1.57 bits per heavy atom. The Morgan fingerprint density at radius 1 is 0.905 bits per heavy atom. The molecule has 3 N–H and O–H groups in total. The number of phenols is 1. The molecule has 3 aromatic carbocycles. The number of aromatic hydroxyl groups is 1. The van der Waals surface area contributed by atoms with Crippen LogP contribution in [0.2, 0.25) is 0 Å². The summed E-state index contributed by atoms with van der Waals surface area (Å²) < 4.78 is 75.6. The second-order valence-electron chi connectivity index (χ2n) is 9.65. The molecule has 0 radical (unpaired) electrons. The molecule has 0 bridgehead atoms. The van der Waals surface area contributed by atoms with E-state index in [0.717, 1.165) is 12.4 Å². The zero-order chi connectivity index (χ0) is 30.1. The van der Waals surface area contributed by atoms with E-state index in [-0.39, 0.29) is 40.4 Å². The molecule has 6 rings (SSSR count). The van der Waals surface area contributed by atoms with Crippen LogP contribution in [0.1, 0.15) is 18.7 Å². The van der Waals surface area contributed by atoms with Crippen molar-refractivity contribution >= 4 is 37.8 Å². The van der Waals surface area contributed by atoms with Crippen molar-refractivity contribution in [2.24, 2.45) is 0 Å². The molecule has 42 heavy (non-hydrogen) atoms. The van der Waals surface area contributed by atoms with E-state index in [0.29, 0.717) is 21.9 Å². The number of nitrogens with zero attached hydrogens (tertiary/aromatic N) is 4. The van der Waals surface area contributed by atoms with Gasteiger partial charge >= 0.3 is 15.8 Å². The zero-order valence-corrected chi connectivity index (χ0v) is 22.3. The summed E-state index contributed by atoms with van der Waals surface area (Å²) in [5.41, 5.74) is 5.94. The molecule has 0 aliphatic heterocycles. The summed E-state index contributed by atoms with van der Waals surface area (Å²) in [6.07, 6.45) is 1.10. The highest BCUT2D eigenvalue weighted by Gasteiger charge is 2.65. The van der Waals surface area contributed by atoms with Crippen LogP contribution >= 0.6 is 10.2 Å². The summed E-state index contributed by atoms with van der Waals surface area (Å²) in [4.78, 5) is 18.8. The predicted molar refractivity (Wildman–Crippen MR) is 150 cm³/mol. The molecule has 0 saturated heterocycles. The predicted octanol–water partition coefficient (Wildman–Crippen LogP) is 7.82. The van der Waals surface area contributed by atoms with E-state index in [9.17, 15) is 29.3 Å². The van der Waals surface area contributed by atoms with Crippen molar-refractivity contribution in [2.75, 3.05) is 5.73 Å². The van der Waals surface area contributed by atoms with Crippen molar-refractivity contribution in [2.45, 2.75) is 17.9 Å². The van der Waals surface area contributed by atoms with E-state index in [4.69, 9.17) is 10.2 Å². The monoisotopic (exact) mass is 601 g/mol. The van der Waals surface area contributed by atoms with E-state index in [1.807, 2.05) is 18.2 Å². The maximum atomic E-state index is 13.7. The Labute approximate surface area is 233 Å². The Balaban J connectivity index is 1.64. The van der Waals surface area contributed by atoms with Crippen LogP contribution in [0.5, 0.6) is 5.75 Å². The van der Waals surface area contributed by atoms with Crippen molar-refractivity contribution < 1.29 is 29.0 Å². The second-order valence-corrected chi connectivity index (χ2v) is 12.1. The van der Waals surface area contributed by atoms with Gasteiger partial charge in [-0.15, -0.1) is 0 Å². The Bertz CT molecular complexity index is 2100. The molecule has 3 aromatic heterocycles. The number of hydrogen-bond donors (Lipinski definition) is 2. The Kier molecular flexibility index (Phi) is 5.52. The molecule has 0 amide bonds. The third-order valence-corrected chi connectivity index (χ3v) is 7.93. The fourth-order valence-electron chi connectivity index (χ4n) is 4.94. The number of nitrogen functional groups attached to an aromatic ring is 1. The van der Waals surface area contributed by atoms with Gasteiger partial charge < -0.3 is 15.3 Å². The summed E-state index contributed by atoms with van der Waals surface area (Å²) in [7, 11) is -10.2. The average molecular weight is 602 g/mol. The molecule has 1 unspecified atom stereocenters. The quantitative estimate of drug-likeness (QED) is 0.193. The number of halogens is 5. The second kappa shape index (κ2) is 8.52. The van der Waals surface area contributed by atoms with Crippen LogP contribution in [0.15, 0.2) is 93.2 Å². The fourth-order valence-corrected chi connectivity index (χ4v) is 5.63. The first kappa shape index (κ1) is 27.2. The van der Waals surface area contributed by atoms with Crippen LogP contribution in [0.25, 0.3) is 44.2 Å². The lowest BCUT2D eigenvalue weighted by Gasteiger charge is -2.40. The molecule has 216 valence electrons. The van der Waals surface area contributed by atoms with Gasteiger partial charge in [0.25, 0.3) is 0 Å². The molecular weight excluding hydrogens is 581 g/mol. The molecule has 8 nitrogen and oxygen atoms in total. The first-order valence-corrected chi connectivity index (χ1v) is 14.3. The fraction of sp³-hybridized carbons (Fsp3) is 0.0714. The van der Waals surface area contributed by atoms with E-state index >= 15 is 0 Å². The van der Waals surface area contributed by atoms with E-state index in [2.05, 4.69) is 15.1 Å². The van der Waals surface area contributed by atoms with Gasteiger partial charge in [0, 0.05) is 22.6 Å². The number of aromatic nitrogens is 4. The highest BCUT2D eigenvalue weighted by molar-refractivity contribution is 8.45. The highest BCUT2D eigenvalue weighted by Crippen LogP contribution is 3.02. The maximum Gasteiger partial charge on any atom is 0.343 e. The number of benzene rings is 3. The molecule has 6 aromatic rings. The molecule has 0 aliphatic carbocycles. The van der Waals surface area contributed by atoms with Gasteiger partial charge in [-0.25, -0.2) is 19.4 Å². The van der Waals surface area contributed by atoms with Gasteiger partial charge in [-0.1, -0.05) is 68.0 Å². The SMILES string of the molecule is CC(c1oc(=O)c2ccccc2c1-c1ccccc1)n1nc(-c2cc(O)cc(S(F)(F)(F)(F)F)c2)c2c(N)ncnc21. The van der Waals surface area contributed by atoms with Gasteiger partial charge in [-0.05, 0) is 30.7 Å². The first-order chi connectivity index (χ1) is 19.6. The Morgan fingerprint density at radius 3 is 2.26 bits per heavy atom. The van der Waals surface area contributed by atoms with Gasteiger partial charge in [0.1, 0.15) is 40.3 Å². The third-order valence-electron chi connectivity index (χ3n) is 6.80. The molecule has 14 heteroatoms. The van der Waals surface area contributed by atoms with Gasteiger partial charge in [-0.3, -0.25) is 0 Å². The van der Waals surface area contributed by atoms with Gasteiger partial charge in [0.2, 0.25) is 0 Å². The number of nitrogens with two attached hydrogens (primary N) is 1. The lowest BCUT2D eigenvalue weighted by Crippen LogP contribution is -2.14. The minimum Gasteiger partial charge on any atom is -0.508 e. The molecule has 0 fully saturated rings. The summed E-state index contributed by atoms with van der Waals surface area (Å²) in [5, 5.41) is 15.3. The highest BCUT2D eigenvalue weighted by atomic mass is 32.5. The van der Waals surface area contributed by atoms with E-state index < -0.39 is 38.1 Å². The minimum atomic E-state index is -10.2. The van der Waals surface area contributed by atoms with Crippen molar-refractivity contribution in [1.82, 2.24) is 19.7 Å². The molecule has 3 heterocycles. The topological polar surface area (TPSA) is 120 Å². The standard InChI is InChI=1S/C28H20F5N5O3S/c1-15(25-22(16-7-3-2-4-8-16)20-9-5-6-10-21(20)28(40)41-25)38-27-23(26(34)35-14-36-27)24(37-38)17-11-18(39)13-19(12-17)42(29,30,31,32)33/h2-15,39H,1H3,(H2,34,35,36). The molecule has 1 atom stereocenters. The van der Waals surface area contributed by atoms with Crippen LogP contribution in [-0.2, 0) is 0 Å². The number of anilines is 1. The summed E-state index contributed by atoms with van der Waals surface area (Å²) >= 11 is 0. The van der Waals surface area contributed by atoms with Crippen molar-refractivity contribution in [1.29, 1.82) is 0 Å².